The van der Waals surface area contributed by atoms with Gasteiger partial charge in [0, 0.05) is 41.0 Å². The molecule has 12 nitrogen and oxygen atoms in total. The van der Waals surface area contributed by atoms with Crippen LogP contribution in [0.3, 0.4) is 0 Å². The first-order valence-corrected chi connectivity index (χ1v) is 18.2. The molecule has 2 unspecified atom stereocenters. The lowest BCUT2D eigenvalue weighted by molar-refractivity contribution is -0.146. The molecule has 2 atom stereocenters. The van der Waals surface area contributed by atoms with Crippen LogP contribution in [0.2, 0.25) is 0 Å². The molecular weight excluding hydrogens is 688 g/mol. The van der Waals surface area contributed by atoms with Crippen molar-refractivity contribution in [3.8, 4) is 0 Å². The maximum absolute atomic E-state index is 13.5. The maximum Gasteiger partial charge on any atom is 0.340 e. The Morgan fingerprint density at radius 1 is 0.741 bits per heavy atom. The number of aromatic amines is 2. The standard InChI is InChI=1S/C42H50N4O8/c1-12-27-22(4)30-19-35-38(20(2)15-21(3)54-26(8)47)24(6)32(44-35)17-31-23(5)28(13-14-36(48)51-9)40(45-31)29(16-37(49)52-10)41-39(42(50)53-11)25(7)33(46-41)18-34(27)43-30/h17-21,43-44H,12-16H2,1-11H3. The van der Waals surface area contributed by atoms with Crippen molar-refractivity contribution in [3.05, 3.63) is 68.8 Å². The van der Waals surface area contributed by atoms with Gasteiger partial charge in [-0.1, -0.05) is 13.8 Å². The second-order valence-electron chi connectivity index (χ2n) is 14.0. The summed E-state index contributed by atoms with van der Waals surface area (Å²) in [7, 11) is 3.95. The van der Waals surface area contributed by atoms with E-state index in [1.54, 1.807) is 6.92 Å². The van der Waals surface area contributed by atoms with Crippen LogP contribution in [-0.2, 0) is 51.0 Å². The number of H-pyrrole nitrogens is 2. The third kappa shape index (κ3) is 7.74. The number of aromatic nitrogens is 4. The van der Waals surface area contributed by atoms with Crippen molar-refractivity contribution in [2.24, 2.45) is 0 Å². The quantitative estimate of drug-likeness (QED) is 0.148. The fourth-order valence-corrected chi connectivity index (χ4v) is 7.72. The monoisotopic (exact) mass is 738 g/mol. The van der Waals surface area contributed by atoms with Gasteiger partial charge in [0.2, 0.25) is 0 Å². The lowest BCUT2D eigenvalue weighted by atomic mass is 9.92. The van der Waals surface area contributed by atoms with Crippen LogP contribution in [0.5, 0.6) is 0 Å². The van der Waals surface area contributed by atoms with Gasteiger partial charge in [-0.25, -0.2) is 14.8 Å². The van der Waals surface area contributed by atoms with Crippen LogP contribution in [0.25, 0.3) is 44.4 Å². The molecule has 12 heteroatoms. The zero-order valence-electron chi connectivity index (χ0n) is 33.1. The molecule has 2 aliphatic rings. The van der Waals surface area contributed by atoms with Gasteiger partial charge in [0.25, 0.3) is 0 Å². The first-order chi connectivity index (χ1) is 25.6. The summed E-state index contributed by atoms with van der Waals surface area (Å²) in [5.74, 6) is -1.87. The highest BCUT2D eigenvalue weighted by atomic mass is 16.5. The molecule has 0 saturated heterocycles. The van der Waals surface area contributed by atoms with Crippen LogP contribution in [0.1, 0.15) is 117 Å². The highest BCUT2D eigenvalue weighted by Gasteiger charge is 2.32. The van der Waals surface area contributed by atoms with E-state index in [0.717, 1.165) is 56.3 Å². The smallest absolute Gasteiger partial charge is 0.340 e. The van der Waals surface area contributed by atoms with E-state index < -0.39 is 17.9 Å². The summed E-state index contributed by atoms with van der Waals surface area (Å²) in [6.07, 6.45) is 1.12. The molecule has 3 aromatic heterocycles. The molecule has 8 bridgehead atoms. The van der Waals surface area contributed by atoms with Crippen molar-refractivity contribution < 1.29 is 38.1 Å². The Hall–Kier alpha value is -5.52. The minimum Gasteiger partial charge on any atom is -0.469 e. The maximum atomic E-state index is 13.5. The molecule has 54 heavy (non-hydrogen) atoms. The number of carbonyl (C=O) groups excluding carboxylic acids is 4. The van der Waals surface area contributed by atoms with Gasteiger partial charge in [-0.3, -0.25) is 14.4 Å². The van der Waals surface area contributed by atoms with E-state index in [2.05, 4.69) is 43.7 Å². The number of hydrogen-bond acceptors (Lipinski definition) is 10. The molecule has 0 aromatic carbocycles. The number of ether oxygens (including phenoxy) is 4. The van der Waals surface area contributed by atoms with Crippen LogP contribution >= 0.6 is 0 Å². The minimum absolute atomic E-state index is 0.00365. The molecule has 0 amide bonds. The average Bonchev–Trinajstić information content (AvgIpc) is 3.81. The fraction of sp³-hybridized carbons (Fsp3) is 0.429. The minimum atomic E-state index is -0.604. The number of esters is 4. The highest BCUT2D eigenvalue weighted by molar-refractivity contribution is 6.25. The summed E-state index contributed by atoms with van der Waals surface area (Å²) in [6, 6.07) is 6.00. The zero-order valence-corrected chi connectivity index (χ0v) is 33.1. The first-order valence-electron chi connectivity index (χ1n) is 18.2. The average molecular weight is 739 g/mol. The molecule has 3 aromatic rings. The van der Waals surface area contributed by atoms with Crippen LogP contribution in [0.15, 0.2) is 18.2 Å². The van der Waals surface area contributed by atoms with Crippen molar-refractivity contribution in [3.63, 3.8) is 0 Å². The second-order valence-corrected chi connectivity index (χ2v) is 14.0. The SMILES string of the molecule is CCc1c(C)c2cc3[nH]c(cc4nc(c(CC(=O)OC)c5nc(cc1[nH]2)C(C)=C5C(=O)OC)C(CCC(=O)OC)=C4C)c(C)c3C(C)CC(C)OC(C)=O. The van der Waals surface area contributed by atoms with E-state index in [0.29, 0.717) is 40.2 Å². The summed E-state index contributed by atoms with van der Waals surface area (Å²) in [5, 5.41) is 0. The van der Waals surface area contributed by atoms with E-state index >= 15 is 0 Å². The molecule has 0 saturated carbocycles. The first kappa shape index (κ1) is 39.7. The predicted octanol–water partition coefficient (Wildman–Crippen LogP) is 7.64. The summed E-state index contributed by atoms with van der Waals surface area (Å²) in [5.41, 5.74) is 12.2. The number of rotatable bonds is 11. The summed E-state index contributed by atoms with van der Waals surface area (Å²) < 4.78 is 20.9. The Bertz CT molecular complexity index is 2270. The second kappa shape index (κ2) is 16.2. The molecular formula is C42H50N4O8. The van der Waals surface area contributed by atoms with E-state index in [-0.39, 0.29) is 48.5 Å². The number of hydrogen-bond donors (Lipinski definition) is 2. The Morgan fingerprint density at radius 3 is 1.98 bits per heavy atom. The number of carbonyl (C=O) groups is 4. The van der Waals surface area contributed by atoms with Crippen molar-refractivity contribution in [2.75, 3.05) is 21.3 Å². The number of allylic oxidation sites excluding steroid dienone is 3. The van der Waals surface area contributed by atoms with Crippen LogP contribution < -0.4 is 0 Å². The topological polar surface area (TPSA) is 163 Å². The van der Waals surface area contributed by atoms with E-state index in [1.165, 1.54) is 28.3 Å². The highest BCUT2D eigenvalue weighted by Crippen LogP contribution is 2.41. The van der Waals surface area contributed by atoms with Gasteiger partial charge in [-0.05, 0) is 117 Å². The van der Waals surface area contributed by atoms with Crippen molar-refractivity contribution in [2.45, 2.75) is 99.5 Å². The third-order valence-corrected chi connectivity index (χ3v) is 10.5. The Labute approximate surface area is 315 Å². The van der Waals surface area contributed by atoms with E-state index in [4.69, 9.17) is 28.9 Å². The summed E-state index contributed by atoms with van der Waals surface area (Å²) in [6.45, 7) is 15.4. The number of fused-ring (bicyclic) bond motifs is 8. The number of methoxy groups -OCH3 is 3. The normalized spacial score (nSPS) is 13.8. The van der Waals surface area contributed by atoms with E-state index in [1.807, 2.05) is 26.0 Å². The Kier molecular flexibility index (Phi) is 11.9. The molecule has 0 radical (unpaired) electrons. The molecule has 286 valence electrons. The van der Waals surface area contributed by atoms with Gasteiger partial charge in [0.1, 0.15) is 0 Å². The largest absolute Gasteiger partial charge is 0.469 e. The van der Waals surface area contributed by atoms with Crippen molar-refractivity contribution in [1.29, 1.82) is 0 Å². The van der Waals surface area contributed by atoms with Crippen LogP contribution in [-0.4, -0.2) is 71.2 Å². The van der Waals surface area contributed by atoms with Crippen LogP contribution in [0, 0.1) is 13.8 Å². The van der Waals surface area contributed by atoms with Crippen molar-refractivity contribution in [1.82, 2.24) is 19.9 Å². The van der Waals surface area contributed by atoms with Crippen molar-refractivity contribution >= 4 is 68.2 Å². The Balaban J connectivity index is 2.00. The number of nitrogens with zero attached hydrogens (tertiary/aromatic N) is 2. The van der Waals surface area contributed by atoms with Gasteiger partial charge >= 0.3 is 23.9 Å². The number of aryl methyl sites for hydroxylation is 3. The summed E-state index contributed by atoms with van der Waals surface area (Å²) >= 11 is 0. The van der Waals surface area contributed by atoms with E-state index in [9.17, 15) is 19.2 Å². The van der Waals surface area contributed by atoms with Gasteiger partial charge in [-0.2, -0.15) is 0 Å². The molecule has 2 aliphatic heterocycles. The summed E-state index contributed by atoms with van der Waals surface area (Å²) in [4.78, 5) is 68.4. The lowest BCUT2D eigenvalue weighted by Gasteiger charge is -2.18. The molecule has 0 aliphatic carbocycles. The molecule has 2 N–H and O–H groups in total. The van der Waals surface area contributed by atoms with Gasteiger partial charge in [0.15, 0.2) is 0 Å². The predicted molar refractivity (Wildman–Crippen MR) is 208 cm³/mol. The molecule has 5 heterocycles. The Morgan fingerprint density at radius 2 is 1.35 bits per heavy atom. The lowest BCUT2D eigenvalue weighted by Crippen LogP contribution is -2.15. The third-order valence-electron chi connectivity index (χ3n) is 10.5. The van der Waals surface area contributed by atoms with Gasteiger partial charge < -0.3 is 28.9 Å². The molecule has 5 rings (SSSR count). The molecule has 0 spiro atoms. The fourth-order valence-electron chi connectivity index (χ4n) is 7.72. The van der Waals surface area contributed by atoms with Gasteiger partial charge in [0.05, 0.1) is 62.2 Å². The van der Waals surface area contributed by atoms with Gasteiger partial charge in [-0.15, -0.1) is 0 Å². The number of nitrogens with one attached hydrogen (secondary N) is 2. The zero-order chi connectivity index (χ0) is 39.6. The molecule has 0 fully saturated rings. The van der Waals surface area contributed by atoms with Crippen LogP contribution in [0.4, 0.5) is 0 Å².